The maximum Gasteiger partial charge on any atom is 0.317 e. The van der Waals surface area contributed by atoms with Crippen LogP contribution in [0.5, 0.6) is 0 Å². The molecule has 0 bridgehead atoms. The summed E-state index contributed by atoms with van der Waals surface area (Å²) in [6.07, 6.45) is 0. The Morgan fingerprint density at radius 1 is 1.33 bits per heavy atom. The topological polar surface area (TPSA) is 54.3 Å². The number of hydrogen-bond acceptors (Lipinski definition) is 2. The van der Waals surface area contributed by atoms with E-state index in [1.54, 1.807) is 18.7 Å². The SMILES string of the molecule is CC(C)NC(=O)N(C)Cc1cc2ccccc2n(C)c1=O. The largest absolute Gasteiger partial charge is 0.336 e. The number of hydrogen-bond donors (Lipinski definition) is 1. The van der Waals surface area contributed by atoms with Crippen LogP contribution >= 0.6 is 0 Å². The number of carbonyl (C=O) groups excluding carboxylic acids is 1. The van der Waals surface area contributed by atoms with E-state index in [1.165, 1.54) is 4.90 Å². The summed E-state index contributed by atoms with van der Waals surface area (Å²) >= 11 is 0. The molecule has 21 heavy (non-hydrogen) atoms. The molecule has 0 fully saturated rings. The Morgan fingerprint density at radius 2 is 2.00 bits per heavy atom. The molecule has 1 N–H and O–H groups in total. The van der Waals surface area contributed by atoms with E-state index in [4.69, 9.17) is 0 Å². The third-order valence-corrected chi connectivity index (χ3v) is 3.37. The van der Waals surface area contributed by atoms with Gasteiger partial charge in [0, 0.05) is 25.7 Å². The van der Waals surface area contributed by atoms with Crippen molar-refractivity contribution in [2.24, 2.45) is 7.05 Å². The number of aromatic nitrogens is 1. The van der Waals surface area contributed by atoms with Gasteiger partial charge >= 0.3 is 6.03 Å². The van der Waals surface area contributed by atoms with E-state index in [-0.39, 0.29) is 24.2 Å². The Labute approximate surface area is 124 Å². The minimum absolute atomic E-state index is 0.0689. The predicted octanol–water partition coefficient (Wildman–Crippen LogP) is 2.09. The predicted molar refractivity (Wildman–Crippen MR) is 84.3 cm³/mol. The normalized spacial score (nSPS) is 10.9. The number of benzene rings is 1. The van der Waals surface area contributed by atoms with E-state index in [0.29, 0.717) is 5.56 Å². The lowest BCUT2D eigenvalue weighted by molar-refractivity contribution is 0.204. The number of urea groups is 1. The van der Waals surface area contributed by atoms with Crippen LogP contribution in [0.3, 0.4) is 0 Å². The number of carbonyl (C=O) groups is 1. The van der Waals surface area contributed by atoms with Gasteiger partial charge in [0.15, 0.2) is 0 Å². The Kier molecular flexibility index (Phi) is 4.31. The highest BCUT2D eigenvalue weighted by Gasteiger charge is 2.13. The van der Waals surface area contributed by atoms with Crippen molar-refractivity contribution in [3.8, 4) is 0 Å². The fraction of sp³-hybridized carbons (Fsp3) is 0.375. The van der Waals surface area contributed by atoms with E-state index in [1.807, 2.05) is 44.2 Å². The Balaban J connectivity index is 2.33. The second kappa shape index (κ2) is 5.99. The first-order chi connectivity index (χ1) is 9.90. The molecule has 1 heterocycles. The van der Waals surface area contributed by atoms with E-state index < -0.39 is 0 Å². The van der Waals surface area contributed by atoms with Crippen LogP contribution in [0.1, 0.15) is 19.4 Å². The Morgan fingerprint density at radius 3 is 2.67 bits per heavy atom. The molecular weight excluding hydrogens is 266 g/mol. The van der Waals surface area contributed by atoms with Crippen LogP contribution in [0.15, 0.2) is 35.1 Å². The summed E-state index contributed by atoms with van der Waals surface area (Å²) < 4.78 is 1.62. The Hall–Kier alpha value is -2.30. The van der Waals surface area contributed by atoms with Gasteiger partial charge in [-0.05, 0) is 31.4 Å². The molecule has 0 aliphatic carbocycles. The van der Waals surface area contributed by atoms with Crippen LogP contribution in [-0.2, 0) is 13.6 Å². The maximum absolute atomic E-state index is 12.4. The molecule has 0 radical (unpaired) electrons. The van der Waals surface area contributed by atoms with Crippen molar-refractivity contribution in [2.45, 2.75) is 26.4 Å². The number of pyridine rings is 1. The van der Waals surface area contributed by atoms with Gasteiger partial charge in [-0.1, -0.05) is 18.2 Å². The van der Waals surface area contributed by atoms with Crippen LogP contribution in [0.4, 0.5) is 4.79 Å². The van der Waals surface area contributed by atoms with Crippen LogP contribution in [0.25, 0.3) is 10.9 Å². The van der Waals surface area contributed by atoms with Crippen molar-refractivity contribution in [3.05, 3.63) is 46.2 Å². The molecule has 5 nitrogen and oxygen atoms in total. The molecule has 0 aliphatic heterocycles. The molecular formula is C16H21N3O2. The molecule has 0 saturated heterocycles. The zero-order valence-electron chi connectivity index (χ0n) is 12.9. The first kappa shape index (κ1) is 15.1. The highest BCUT2D eigenvalue weighted by atomic mass is 16.2. The van der Waals surface area contributed by atoms with Crippen LogP contribution < -0.4 is 10.9 Å². The molecule has 5 heteroatoms. The number of amides is 2. The van der Waals surface area contributed by atoms with Crippen LogP contribution in [-0.4, -0.2) is 28.6 Å². The van der Waals surface area contributed by atoms with Gasteiger partial charge < -0.3 is 14.8 Å². The quantitative estimate of drug-likeness (QED) is 0.939. The molecule has 2 aromatic rings. The fourth-order valence-electron chi connectivity index (χ4n) is 2.29. The third kappa shape index (κ3) is 3.24. The molecule has 0 spiro atoms. The van der Waals surface area contributed by atoms with Crippen molar-refractivity contribution in [2.75, 3.05) is 7.05 Å². The van der Waals surface area contributed by atoms with Crippen molar-refractivity contribution in [1.29, 1.82) is 0 Å². The van der Waals surface area contributed by atoms with Crippen LogP contribution in [0.2, 0.25) is 0 Å². The number of nitrogens with one attached hydrogen (secondary N) is 1. The summed E-state index contributed by atoms with van der Waals surface area (Å²) in [7, 11) is 3.44. The lowest BCUT2D eigenvalue weighted by atomic mass is 10.1. The van der Waals surface area contributed by atoms with Crippen LogP contribution in [0, 0.1) is 0 Å². The first-order valence-corrected chi connectivity index (χ1v) is 6.99. The number of fused-ring (bicyclic) bond motifs is 1. The van der Waals surface area contributed by atoms with Gasteiger partial charge in [-0.3, -0.25) is 4.79 Å². The van der Waals surface area contributed by atoms with E-state index >= 15 is 0 Å². The summed E-state index contributed by atoms with van der Waals surface area (Å²) in [5, 5.41) is 3.80. The van der Waals surface area contributed by atoms with Crippen molar-refractivity contribution in [3.63, 3.8) is 0 Å². The standard InChI is InChI=1S/C16H21N3O2/c1-11(2)17-16(21)18(3)10-13-9-12-7-5-6-8-14(12)19(4)15(13)20/h5-9,11H,10H2,1-4H3,(H,17,21). The summed E-state index contributed by atoms with van der Waals surface area (Å²) in [4.78, 5) is 25.8. The van der Waals surface area contributed by atoms with E-state index in [0.717, 1.165) is 10.9 Å². The van der Waals surface area contributed by atoms with Gasteiger partial charge in [0.2, 0.25) is 0 Å². The van der Waals surface area contributed by atoms with Crippen molar-refractivity contribution < 1.29 is 4.79 Å². The fourth-order valence-corrected chi connectivity index (χ4v) is 2.29. The number of rotatable bonds is 3. The number of para-hydroxylation sites is 1. The van der Waals surface area contributed by atoms with Gasteiger partial charge in [-0.15, -0.1) is 0 Å². The smallest absolute Gasteiger partial charge is 0.317 e. The molecule has 2 amide bonds. The lowest BCUT2D eigenvalue weighted by Crippen LogP contribution is -2.41. The molecule has 1 aromatic heterocycles. The second-order valence-electron chi connectivity index (χ2n) is 5.55. The Bertz CT molecular complexity index is 719. The molecule has 0 unspecified atom stereocenters. The van der Waals surface area contributed by atoms with Gasteiger partial charge in [0.25, 0.3) is 5.56 Å². The zero-order valence-corrected chi connectivity index (χ0v) is 12.9. The molecule has 0 aliphatic rings. The van der Waals surface area contributed by atoms with Gasteiger partial charge in [0.05, 0.1) is 12.1 Å². The second-order valence-corrected chi connectivity index (χ2v) is 5.55. The van der Waals surface area contributed by atoms with Crippen molar-refractivity contribution in [1.82, 2.24) is 14.8 Å². The monoisotopic (exact) mass is 287 g/mol. The van der Waals surface area contributed by atoms with E-state index in [2.05, 4.69) is 5.32 Å². The van der Waals surface area contributed by atoms with Gasteiger partial charge in [-0.2, -0.15) is 0 Å². The molecule has 1 aromatic carbocycles. The summed E-state index contributed by atoms with van der Waals surface area (Å²) in [6.45, 7) is 4.09. The third-order valence-electron chi connectivity index (χ3n) is 3.37. The average molecular weight is 287 g/mol. The molecule has 0 atom stereocenters. The average Bonchev–Trinajstić information content (AvgIpc) is 2.43. The van der Waals surface area contributed by atoms with E-state index in [9.17, 15) is 9.59 Å². The summed E-state index contributed by atoms with van der Waals surface area (Å²) in [5.74, 6) is 0. The minimum Gasteiger partial charge on any atom is -0.336 e. The van der Waals surface area contributed by atoms with Gasteiger partial charge in [-0.25, -0.2) is 4.79 Å². The summed E-state index contributed by atoms with van der Waals surface area (Å²) in [6, 6.07) is 9.47. The number of aryl methyl sites for hydroxylation is 1. The molecule has 0 saturated carbocycles. The lowest BCUT2D eigenvalue weighted by Gasteiger charge is -2.20. The van der Waals surface area contributed by atoms with Gasteiger partial charge in [0.1, 0.15) is 0 Å². The highest BCUT2D eigenvalue weighted by molar-refractivity contribution is 5.79. The van der Waals surface area contributed by atoms with Crippen molar-refractivity contribution >= 4 is 16.9 Å². The number of nitrogens with zero attached hydrogens (tertiary/aromatic N) is 2. The zero-order chi connectivity index (χ0) is 15.6. The molecule has 2 rings (SSSR count). The highest BCUT2D eigenvalue weighted by Crippen LogP contribution is 2.13. The maximum atomic E-state index is 12.4. The summed E-state index contributed by atoms with van der Waals surface area (Å²) in [5.41, 5.74) is 1.43. The minimum atomic E-state index is -0.180. The molecule has 112 valence electrons. The first-order valence-electron chi connectivity index (χ1n) is 6.99.